The maximum absolute atomic E-state index is 13.7. The van der Waals surface area contributed by atoms with Crippen LogP contribution in [0.1, 0.15) is 38.5 Å². The van der Waals surface area contributed by atoms with Crippen LogP contribution in [-0.2, 0) is 9.53 Å². The van der Waals surface area contributed by atoms with Gasteiger partial charge < -0.3 is 10.1 Å². The first-order valence-corrected chi connectivity index (χ1v) is 7.70. The monoisotopic (exact) mass is 287 g/mol. The third-order valence-electron chi connectivity index (χ3n) is 5.43. The molecule has 2 saturated heterocycles. The van der Waals surface area contributed by atoms with Crippen LogP contribution < -0.4 is 5.32 Å². The largest absolute Gasteiger partial charge is 0.469 e. The molecule has 3 aliphatic rings. The number of fused-ring (bicyclic) bond motifs is 2. The first-order chi connectivity index (χ1) is 9.58. The predicted molar refractivity (Wildman–Crippen MR) is 70.7 cm³/mol. The number of esters is 1. The van der Waals surface area contributed by atoms with E-state index in [1.54, 1.807) is 0 Å². The fourth-order valence-electron chi connectivity index (χ4n) is 4.63. The van der Waals surface area contributed by atoms with Gasteiger partial charge in [-0.15, -0.1) is 0 Å². The van der Waals surface area contributed by atoms with E-state index in [2.05, 4.69) is 5.32 Å². The van der Waals surface area contributed by atoms with E-state index < -0.39 is 12.3 Å². The third-order valence-corrected chi connectivity index (χ3v) is 5.43. The summed E-state index contributed by atoms with van der Waals surface area (Å²) in [6, 6.07) is 0.535. The molecule has 2 heterocycles. The predicted octanol–water partition coefficient (Wildman–Crippen LogP) is 2.39. The Labute approximate surface area is 118 Å². The van der Waals surface area contributed by atoms with Crippen molar-refractivity contribution >= 4 is 5.97 Å². The number of halogens is 2. The number of piperidine rings is 1. The summed E-state index contributed by atoms with van der Waals surface area (Å²) in [4.78, 5) is 12.1. The Hall–Kier alpha value is -0.710. The van der Waals surface area contributed by atoms with Crippen molar-refractivity contribution in [2.45, 2.75) is 63.0 Å². The first-order valence-electron chi connectivity index (χ1n) is 7.70. The highest BCUT2D eigenvalue weighted by Crippen LogP contribution is 2.45. The molecule has 1 aliphatic carbocycles. The molecule has 2 bridgehead atoms. The van der Waals surface area contributed by atoms with Crippen LogP contribution in [0.3, 0.4) is 0 Å². The van der Waals surface area contributed by atoms with Crippen LogP contribution in [0.2, 0.25) is 0 Å². The van der Waals surface area contributed by atoms with E-state index >= 15 is 0 Å². The number of methoxy groups -OCH3 is 1. The number of carbonyl (C=O) groups is 1. The first kappa shape index (κ1) is 14.2. The van der Waals surface area contributed by atoms with Gasteiger partial charge in [-0.25, -0.2) is 8.78 Å². The second-order valence-corrected chi connectivity index (χ2v) is 6.66. The molecule has 0 amide bonds. The van der Waals surface area contributed by atoms with E-state index in [1.165, 1.54) is 7.11 Å². The number of ether oxygens (including phenoxy) is 1. The van der Waals surface area contributed by atoms with Gasteiger partial charge >= 0.3 is 5.97 Å². The molecule has 0 radical (unpaired) electrons. The van der Waals surface area contributed by atoms with Gasteiger partial charge in [0.15, 0.2) is 0 Å². The highest BCUT2D eigenvalue weighted by Gasteiger charge is 2.49. The van der Waals surface area contributed by atoms with Gasteiger partial charge in [-0.3, -0.25) is 4.79 Å². The lowest BCUT2D eigenvalue weighted by molar-refractivity contribution is -0.151. The zero-order valence-corrected chi connectivity index (χ0v) is 11.9. The molecule has 1 saturated carbocycles. The van der Waals surface area contributed by atoms with Gasteiger partial charge in [0, 0.05) is 18.5 Å². The summed E-state index contributed by atoms with van der Waals surface area (Å²) < 4.78 is 32.3. The van der Waals surface area contributed by atoms with Crippen LogP contribution in [0, 0.1) is 17.8 Å². The van der Waals surface area contributed by atoms with Crippen LogP contribution in [0.25, 0.3) is 0 Å². The third kappa shape index (κ3) is 2.57. The van der Waals surface area contributed by atoms with Crippen molar-refractivity contribution in [2.75, 3.05) is 7.11 Å². The van der Waals surface area contributed by atoms with Gasteiger partial charge in [-0.2, -0.15) is 0 Å². The van der Waals surface area contributed by atoms with Crippen LogP contribution in [0.15, 0.2) is 0 Å². The van der Waals surface area contributed by atoms with Gasteiger partial charge in [-0.05, 0) is 43.9 Å². The summed E-state index contributed by atoms with van der Waals surface area (Å²) in [5.41, 5.74) is 0. The zero-order chi connectivity index (χ0) is 14.3. The summed E-state index contributed by atoms with van der Waals surface area (Å²) in [7, 11) is 1.40. The smallest absolute Gasteiger partial charge is 0.310 e. The minimum absolute atomic E-state index is 0.0250. The maximum Gasteiger partial charge on any atom is 0.310 e. The molecule has 1 N–H and O–H groups in total. The average Bonchev–Trinajstić information content (AvgIpc) is 2.78. The van der Waals surface area contributed by atoms with Crippen molar-refractivity contribution in [3.05, 3.63) is 0 Å². The molecule has 20 heavy (non-hydrogen) atoms. The zero-order valence-electron chi connectivity index (χ0n) is 11.9. The number of hydrogen-bond acceptors (Lipinski definition) is 3. The Bertz CT molecular complexity index is 369. The highest BCUT2D eigenvalue weighted by molar-refractivity contribution is 5.74. The van der Waals surface area contributed by atoms with Crippen LogP contribution >= 0.6 is 0 Å². The summed E-state index contributed by atoms with van der Waals surface area (Å²) in [6.07, 6.45) is 1.57. The number of alkyl halides is 2. The molecule has 3 fully saturated rings. The molecule has 0 aromatic heterocycles. The number of hydrogen-bond donors (Lipinski definition) is 1. The molecule has 6 atom stereocenters. The summed E-state index contributed by atoms with van der Waals surface area (Å²) in [5, 5.41) is 3.46. The van der Waals surface area contributed by atoms with Gasteiger partial charge in [0.1, 0.15) is 12.3 Å². The Morgan fingerprint density at radius 1 is 1.10 bits per heavy atom. The topological polar surface area (TPSA) is 38.3 Å². The normalized spacial score (nSPS) is 48.0. The number of rotatable bonds is 2. The standard InChI is InChI=1S/C15H23F2NO2/c1-20-15(19)14-12(7-11-2-3-13(14)18-11)8-4-9(16)6-10(17)5-8/h8-14,18H,2-7H2,1H3/t8?,9?,10?,11-,12-,13?,14?/m1/s1. The van der Waals surface area contributed by atoms with Crippen LogP contribution in [0.4, 0.5) is 8.78 Å². The molecule has 0 aromatic rings. The Balaban J connectivity index is 1.79. The second kappa shape index (κ2) is 5.58. The lowest BCUT2D eigenvalue weighted by Gasteiger charge is -2.42. The van der Waals surface area contributed by atoms with Crippen molar-refractivity contribution in [2.24, 2.45) is 17.8 Å². The Morgan fingerprint density at radius 2 is 1.80 bits per heavy atom. The van der Waals surface area contributed by atoms with E-state index in [0.29, 0.717) is 18.9 Å². The molecule has 2 aliphatic heterocycles. The van der Waals surface area contributed by atoms with E-state index in [0.717, 1.165) is 19.3 Å². The minimum Gasteiger partial charge on any atom is -0.469 e. The molecule has 4 unspecified atom stereocenters. The summed E-state index contributed by atoms with van der Waals surface area (Å²) in [5.74, 6) is -0.411. The molecular formula is C15H23F2NO2. The fourth-order valence-corrected chi connectivity index (χ4v) is 4.63. The SMILES string of the molecule is COC(=O)C1C2CC[C@H](C[C@@H]1C1CC(F)CC(F)C1)N2. The summed E-state index contributed by atoms with van der Waals surface area (Å²) in [6.45, 7) is 0. The quantitative estimate of drug-likeness (QED) is 0.793. The van der Waals surface area contributed by atoms with Crippen molar-refractivity contribution in [1.82, 2.24) is 5.32 Å². The minimum atomic E-state index is -1.06. The molecule has 114 valence electrons. The lowest BCUT2D eigenvalue weighted by Crippen LogP contribution is -2.52. The molecular weight excluding hydrogens is 264 g/mol. The Kier molecular flexibility index (Phi) is 3.98. The van der Waals surface area contributed by atoms with Gasteiger partial charge in [0.05, 0.1) is 13.0 Å². The number of nitrogens with one attached hydrogen (secondary N) is 1. The van der Waals surface area contributed by atoms with Crippen LogP contribution in [0.5, 0.6) is 0 Å². The molecule has 0 spiro atoms. The number of carbonyl (C=O) groups excluding carboxylic acids is 1. The maximum atomic E-state index is 13.7. The lowest BCUT2D eigenvalue weighted by atomic mass is 9.68. The summed E-state index contributed by atoms with van der Waals surface area (Å²) >= 11 is 0. The second-order valence-electron chi connectivity index (χ2n) is 6.66. The van der Waals surface area contributed by atoms with E-state index in [1.807, 2.05) is 0 Å². The molecule has 3 nitrogen and oxygen atoms in total. The van der Waals surface area contributed by atoms with Gasteiger partial charge in [-0.1, -0.05) is 0 Å². The molecule has 0 aromatic carbocycles. The molecule has 3 rings (SSSR count). The van der Waals surface area contributed by atoms with Crippen molar-refractivity contribution < 1.29 is 18.3 Å². The van der Waals surface area contributed by atoms with Gasteiger partial charge in [0.2, 0.25) is 0 Å². The van der Waals surface area contributed by atoms with Crippen LogP contribution in [-0.4, -0.2) is 37.5 Å². The van der Waals surface area contributed by atoms with Gasteiger partial charge in [0.25, 0.3) is 0 Å². The van der Waals surface area contributed by atoms with E-state index in [9.17, 15) is 13.6 Å². The van der Waals surface area contributed by atoms with Crippen molar-refractivity contribution in [3.63, 3.8) is 0 Å². The Morgan fingerprint density at radius 3 is 2.45 bits per heavy atom. The average molecular weight is 287 g/mol. The molecule has 5 heteroatoms. The fraction of sp³-hybridized carbons (Fsp3) is 0.933. The van der Waals surface area contributed by atoms with Crippen molar-refractivity contribution in [1.29, 1.82) is 0 Å². The van der Waals surface area contributed by atoms with E-state index in [-0.39, 0.29) is 36.2 Å². The highest BCUT2D eigenvalue weighted by atomic mass is 19.1. The van der Waals surface area contributed by atoms with E-state index in [4.69, 9.17) is 4.74 Å². The van der Waals surface area contributed by atoms with Crippen molar-refractivity contribution in [3.8, 4) is 0 Å².